The monoisotopic (exact) mass is 438 g/mol. The van der Waals surface area contributed by atoms with Crippen molar-refractivity contribution in [3.8, 4) is 11.5 Å². The minimum absolute atomic E-state index is 0.0679. The Kier molecular flexibility index (Phi) is 7.76. The molecule has 3 nitrogen and oxygen atoms in total. The molecule has 0 N–H and O–H groups in total. The second-order valence-corrected chi connectivity index (χ2v) is 8.40. The van der Waals surface area contributed by atoms with Crippen molar-refractivity contribution in [3.05, 3.63) is 113 Å². The van der Waals surface area contributed by atoms with Gasteiger partial charge < -0.3 is 9.47 Å². The van der Waals surface area contributed by atoms with Crippen molar-refractivity contribution < 1.29 is 14.3 Å². The molecule has 3 heteroatoms. The van der Waals surface area contributed by atoms with E-state index < -0.39 is 0 Å². The summed E-state index contributed by atoms with van der Waals surface area (Å²) in [5.41, 5.74) is 4.91. The summed E-state index contributed by atoms with van der Waals surface area (Å²) in [6.45, 7) is 2.92. The zero-order chi connectivity index (χ0) is 22.9. The number of hydrogen-bond acceptors (Lipinski definition) is 3. The summed E-state index contributed by atoms with van der Waals surface area (Å²) in [5, 5.41) is 0. The number of rotatable bonds is 9. The first-order valence-electron chi connectivity index (χ1n) is 11.6. The molecule has 0 heterocycles. The highest BCUT2D eigenvalue weighted by molar-refractivity contribution is 6.06. The lowest BCUT2D eigenvalue weighted by Crippen LogP contribution is -2.04. The number of hydrogen-bond donors (Lipinski definition) is 0. The first kappa shape index (κ1) is 22.6. The minimum atomic E-state index is 0.0679. The van der Waals surface area contributed by atoms with Crippen molar-refractivity contribution in [2.75, 3.05) is 0 Å². The van der Waals surface area contributed by atoms with Crippen molar-refractivity contribution in [3.63, 3.8) is 0 Å². The molecule has 0 amide bonds. The highest BCUT2D eigenvalue weighted by Crippen LogP contribution is 2.33. The van der Waals surface area contributed by atoms with Crippen LogP contribution in [0.25, 0.3) is 6.08 Å². The van der Waals surface area contributed by atoms with E-state index in [-0.39, 0.29) is 5.78 Å². The number of ketones is 1. The van der Waals surface area contributed by atoms with Gasteiger partial charge in [0.25, 0.3) is 0 Å². The van der Waals surface area contributed by atoms with Crippen molar-refractivity contribution in [1.82, 2.24) is 0 Å². The molecule has 0 bridgehead atoms. The van der Waals surface area contributed by atoms with Crippen molar-refractivity contribution in [2.45, 2.75) is 45.8 Å². The van der Waals surface area contributed by atoms with Crippen LogP contribution in [-0.2, 0) is 18.0 Å². The molecule has 0 saturated heterocycles. The smallest absolute Gasteiger partial charge is 0.181 e. The number of ether oxygens (including phenoxy) is 2. The molecule has 0 unspecified atom stereocenters. The zero-order valence-corrected chi connectivity index (χ0v) is 19.1. The molecule has 3 aromatic rings. The molecule has 33 heavy (non-hydrogen) atoms. The third kappa shape index (κ3) is 6.45. The molecule has 0 aliphatic heterocycles. The molecular formula is C30H30O3. The van der Waals surface area contributed by atoms with Gasteiger partial charge in [0.05, 0.1) is 5.56 Å². The third-order valence-electron chi connectivity index (χ3n) is 5.73. The van der Waals surface area contributed by atoms with E-state index in [0.29, 0.717) is 24.7 Å². The Hall–Kier alpha value is -3.59. The van der Waals surface area contributed by atoms with E-state index in [1.807, 2.05) is 85.8 Å². The van der Waals surface area contributed by atoms with Gasteiger partial charge in [0.1, 0.15) is 24.7 Å². The predicted molar refractivity (Wildman–Crippen MR) is 133 cm³/mol. The first-order chi connectivity index (χ1) is 16.2. The molecule has 0 saturated carbocycles. The molecule has 3 aromatic carbocycles. The van der Waals surface area contributed by atoms with Crippen LogP contribution in [0, 0.1) is 6.92 Å². The summed E-state index contributed by atoms with van der Waals surface area (Å²) in [7, 11) is 0. The standard InChI is InChI=1S/C30H30O3/c1-23-19-29(32-21-24-11-5-2-6-12-24)27(17-18-28(31)26-15-9-4-10-16-26)30(20-23)33-22-25-13-7-3-8-14-25/h2-3,5-8,11-15,17-20H,4,9-10,16,21-22H2,1H3. The lowest BCUT2D eigenvalue weighted by Gasteiger charge is -2.16. The largest absolute Gasteiger partial charge is 0.488 e. The Balaban J connectivity index is 1.61. The number of carbonyl (C=O) groups excluding carboxylic acids is 1. The van der Waals surface area contributed by atoms with Gasteiger partial charge in [-0.3, -0.25) is 4.79 Å². The Bertz CT molecular complexity index is 1060. The Morgan fingerprint density at radius 3 is 1.94 bits per heavy atom. The normalized spacial score (nSPS) is 13.5. The van der Waals surface area contributed by atoms with Crippen LogP contribution in [0.3, 0.4) is 0 Å². The van der Waals surface area contributed by atoms with Crippen LogP contribution < -0.4 is 9.47 Å². The summed E-state index contributed by atoms with van der Waals surface area (Å²) in [4.78, 5) is 12.8. The summed E-state index contributed by atoms with van der Waals surface area (Å²) in [6, 6.07) is 24.1. The van der Waals surface area contributed by atoms with Crippen LogP contribution in [0.5, 0.6) is 11.5 Å². The Morgan fingerprint density at radius 2 is 1.42 bits per heavy atom. The molecule has 0 atom stereocenters. The average molecular weight is 439 g/mol. The van der Waals surface area contributed by atoms with Crippen LogP contribution in [0.4, 0.5) is 0 Å². The van der Waals surface area contributed by atoms with E-state index >= 15 is 0 Å². The maximum atomic E-state index is 12.8. The SMILES string of the molecule is Cc1cc(OCc2ccccc2)c(C=CC(=O)C2=CCCCC2)c(OCc2ccccc2)c1. The molecule has 0 spiro atoms. The lowest BCUT2D eigenvalue weighted by atomic mass is 9.96. The van der Waals surface area contributed by atoms with Gasteiger partial charge in [0.15, 0.2) is 5.78 Å². The summed E-state index contributed by atoms with van der Waals surface area (Å²) < 4.78 is 12.4. The number of aryl methyl sites for hydroxylation is 1. The van der Waals surface area contributed by atoms with E-state index in [1.165, 1.54) is 0 Å². The Labute approximate surface area is 196 Å². The molecule has 0 aromatic heterocycles. The molecule has 0 fully saturated rings. The molecule has 1 aliphatic carbocycles. The fraction of sp³-hybridized carbons (Fsp3) is 0.233. The van der Waals surface area contributed by atoms with Crippen LogP contribution in [-0.4, -0.2) is 5.78 Å². The third-order valence-corrected chi connectivity index (χ3v) is 5.73. The Morgan fingerprint density at radius 1 is 0.848 bits per heavy atom. The fourth-order valence-corrected chi connectivity index (χ4v) is 3.93. The average Bonchev–Trinajstić information content (AvgIpc) is 2.87. The molecule has 168 valence electrons. The van der Waals surface area contributed by atoms with Gasteiger partial charge in [-0.25, -0.2) is 0 Å². The highest BCUT2D eigenvalue weighted by Gasteiger charge is 2.14. The number of carbonyl (C=O) groups is 1. The summed E-state index contributed by atoms with van der Waals surface area (Å²) >= 11 is 0. The molecule has 1 aliphatic rings. The van der Waals surface area contributed by atoms with Crippen molar-refractivity contribution in [1.29, 1.82) is 0 Å². The zero-order valence-electron chi connectivity index (χ0n) is 19.1. The van der Waals surface area contributed by atoms with Gasteiger partial charge in [0.2, 0.25) is 0 Å². The number of benzene rings is 3. The van der Waals surface area contributed by atoms with Gasteiger partial charge in [-0.2, -0.15) is 0 Å². The first-order valence-corrected chi connectivity index (χ1v) is 11.6. The van der Waals surface area contributed by atoms with E-state index in [1.54, 1.807) is 6.08 Å². The molecule has 4 rings (SSSR count). The van der Waals surface area contributed by atoms with E-state index in [4.69, 9.17) is 9.47 Å². The summed E-state index contributed by atoms with van der Waals surface area (Å²) in [6.07, 6.45) is 9.65. The van der Waals surface area contributed by atoms with Gasteiger partial charge in [-0.15, -0.1) is 0 Å². The van der Waals surface area contributed by atoms with Gasteiger partial charge >= 0.3 is 0 Å². The topological polar surface area (TPSA) is 35.5 Å². The maximum Gasteiger partial charge on any atom is 0.181 e. The van der Waals surface area contributed by atoms with Crippen molar-refractivity contribution in [2.24, 2.45) is 0 Å². The van der Waals surface area contributed by atoms with E-state index in [0.717, 1.165) is 53.5 Å². The van der Waals surface area contributed by atoms with Gasteiger partial charge in [0, 0.05) is 0 Å². The molecule has 0 radical (unpaired) electrons. The van der Waals surface area contributed by atoms with E-state index in [9.17, 15) is 4.79 Å². The quantitative estimate of drug-likeness (QED) is 0.330. The maximum absolute atomic E-state index is 12.8. The van der Waals surface area contributed by atoms with Crippen LogP contribution >= 0.6 is 0 Å². The molecular weight excluding hydrogens is 408 g/mol. The minimum Gasteiger partial charge on any atom is -0.488 e. The van der Waals surface area contributed by atoms with Gasteiger partial charge in [-0.05, 0) is 79.2 Å². The summed E-state index contributed by atoms with van der Waals surface area (Å²) in [5.74, 6) is 1.49. The fourth-order valence-electron chi connectivity index (χ4n) is 3.93. The predicted octanol–water partition coefficient (Wildman–Crippen LogP) is 7.24. The second-order valence-electron chi connectivity index (χ2n) is 8.40. The van der Waals surface area contributed by atoms with Crippen LogP contribution in [0.15, 0.2) is 90.5 Å². The number of allylic oxidation sites excluding steroid dienone is 3. The van der Waals surface area contributed by atoms with Crippen LogP contribution in [0.1, 0.15) is 47.9 Å². The van der Waals surface area contributed by atoms with E-state index in [2.05, 4.69) is 6.08 Å². The van der Waals surface area contributed by atoms with Gasteiger partial charge in [-0.1, -0.05) is 66.7 Å². The lowest BCUT2D eigenvalue weighted by molar-refractivity contribution is -0.111. The van der Waals surface area contributed by atoms with Crippen LogP contribution in [0.2, 0.25) is 0 Å². The van der Waals surface area contributed by atoms with Crippen molar-refractivity contribution >= 4 is 11.9 Å². The highest BCUT2D eigenvalue weighted by atomic mass is 16.5. The second kappa shape index (κ2) is 11.3.